The predicted molar refractivity (Wildman–Crippen MR) is 53.0 cm³/mol. The molecule has 0 radical (unpaired) electrons. The van der Waals surface area contributed by atoms with Crippen molar-refractivity contribution in [3.63, 3.8) is 0 Å². The second kappa shape index (κ2) is 3.92. The lowest BCUT2D eigenvalue weighted by Crippen LogP contribution is -2.31. The molecule has 1 aliphatic rings. The number of carbonyl (C=O) groups excluding carboxylic acids is 2. The Bertz CT molecular complexity index is 303. The molecule has 1 aliphatic heterocycles. The van der Waals surface area contributed by atoms with Gasteiger partial charge < -0.3 is 14.8 Å². The fourth-order valence-corrected chi connectivity index (χ4v) is 1.16. The maximum atomic E-state index is 11.4. The monoisotopic (exact) mass is 213 g/mol. The van der Waals surface area contributed by atoms with Crippen molar-refractivity contribution in [2.75, 3.05) is 0 Å². The largest absolute Gasteiger partial charge is 0.460 e. The molecule has 15 heavy (non-hydrogen) atoms. The first-order valence-electron chi connectivity index (χ1n) is 4.67. The summed E-state index contributed by atoms with van der Waals surface area (Å²) in [5.74, 6) is -0.134. The highest BCUT2D eigenvalue weighted by molar-refractivity contribution is 5.76. The van der Waals surface area contributed by atoms with E-state index in [1.807, 2.05) is 0 Å². The SMILES string of the molecule is C=C1OC(=O)NC1CC(=O)OC(C)(C)C. The first-order chi connectivity index (χ1) is 6.78. The molecule has 0 aromatic carbocycles. The van der Waals surface area contributed by atoms with E-state index in [0.29, 0.717) is 0 Å². The average molecular weight is 213 g/mol. The van der Waals surface area contributed by atoms with Gasteiger partial charge in [-0.2, -0.15) is 0 Å². The van der Waals surface area contributed by atoms with Crippen molar-refractivity contribution in [3.05, 3.63) is 12.3 Å². The van der Waals surface area contributed by atoms with E-state index in [9.17, 15) is 9.59 Å². The van der Waals surface area contributed by atoms with Crippen LogP contribution in [0, 0.1) is 0 Å². The third-order valence-corrected chi connectivity index (χ3v) is 1.70. The van der Waals surface area contributed by atoms with E-state index in [-0.39, 0.29) is 18.1 Å². The second-order valence-corrected chi connectivity index (χ2v) is 4.34. The molecule has 1 unspecified atom stereocenters. The number of hydrogen-bond acceptors (Lipinski definition) is 4. The van der Waals surface area contributed by atoms with Crippen molar-refractivity contribution >= 4 is 12.1 Å². The smallest absolute Gasteiger partial charge is 0.412 e. The number of ether oxygens (including phenoxy) is 2. The summed E-state index contributed by atoms with van der Waals surface area (Å²) in [7, 11) is 0. The Morgan fingerprint density at radius 1 is 1.60 bits per heavy atom. The summed E-state index contributed by atoms with van der Waals surface area (Å²) in [5, 5.41) is 2.46. The molecule has 1 fully saturated rings. The minimum atomic E-state index is -0.575. The standard InChI is InChI=1S/C10H15NO4/c1-6-7(11-9(13)14-6)5-8(12)15-10(2,3)4/h7H,1,5H2,2-4H3,(H,11,13). The number of alkyl carbamates (subject to hydrolysis) is 1. The quantitative estimate of drug-likeness (QED) is 0.703. The van der Waals surface area contributed by atoms with E-state index in [1.54, 1.807) is 20.8 Å². The van der Waals surface area contributed by atoms with Gasteiger partial charge in [-0.15, -0.1) is 0 Å². The van der Waals surface area contributed by atoms with Gasteiger partial charge in [-0.25, -0.2) is 4.79 Å². The van der Waals surface area contributed by atoms with Crippen molar-refractivity contribution in [3.8, 4) is 0 Å². The minimum absolute atomic E-state index is 0.0435. The zero-order valence-corrected chi connectivity index (χ0v) is 9.12. The highest BCUT2D eigenvalue weighted by atomic mass is 16.6. The Morgan fingerprint density at radius 3 is 2.60 bits per heavy atom. The molecular weight excluding hydrogens is 198 g/mol. The fraction of sp³-hybridized carbons (Fsp3) is 0.600. The number of esters is 1. The number of amides is 1. The van der Waals surface area contributed by atoms with Gasteiger partial charge in [0.05, 0.1) is 6.42 Å². The third-order valence-electron chi connectivity index (χ3n) is 1.70. The van der Waals surface area contributed by atoms with Gasteiger partial charge in [0.15, 0.2) is 0 Å². The molecule has 1 amide bonds. The van der Waals surface area contributed by atoms with Gasteiger partial charge in [0, 0.05) is 0 Å². The number of cyclic esters (lactones) is 1. The van der Waals surface area contributed by atoms with E-state index in [4.69, 9.17) is 4.74 Å². The lowest BCUT2D eigenvalue weighted by atomic mass is 10.1. The van der Waals surface area contributed by atoms with E-state index >= 15 is 0 Å². The number of rotatable bonds is 2. The molecule has 5 nitrogen and oxygen atoms in total. The minimum Gasteiger partial charge on any atom is -0.460 e. The zero-order chi connectivity index (χ0) is 11.6. The Morgan fingerprint density at radius 2 is 2.20 bits per heavy atom. The van der Waals surface area contributed by atoms with Crippen molar-refractivity contribution in [2.24, 2.45) is 0 Å². The summed E-state index contributed by atoms with van der Waals surface area (Å²) in [4.78, 5) is 22.2. The van der Waals surface area contributed by atoms with Crippen molar-refractivity contribution in [1.82, 2.24) is 5.32 Å². The normalized spacial score (nSPS) is 20.9. The number of carbonyl (C=O) groups is 2. The molecule has 0 bridgehead atoms. The Hall–Kier alpha value is -1.52. The molecule has 0 spiro atoms. The van der Waals surface area contributed by atoms with Crippen LogP contribution in [0.25, 0.3) is 0 Å². The Labute approximate surface area is 88.4 Å². The topological polar surface area (TPSA) is 64.6 Å². The Balaban J connectivity index is 2.45. The van der Waals surface area contributed by atoms with Gasteiger partial charge in [-0.05, 0) is 20.8 Å². The summed E-state index contributed by atoms with van der Waals surface area (Å²) in [6.07, 6.45) is -0.532. The summed E-state index contributed by atoms with van der Waals surface area (Å²) in [5.41, 5.74) is -0.526. The molecule has 0 aromatic rings. The lowest BCUT2D eigenvalue weighted by molar-refractivity contribution is -0.155. The maximum absolute atomic E-state index is 11.4. The van der Waals surface area contributed by atoms with Crippen LogP contribution in [0.5, 0.6) is 0 Å². The fourth-order valence-electron chi connectivity index (χ4n) is 1.16. The highest BCUT2D eigenvalue weighted by Crippen LogP contribution is 2.16. The van der Waals surface area contributed by atoms with Crippen LogP contribution in [0.3, 0.4) is 0 Å². The zero-order valence-electron chi connectivity index (χ0n) is 9.12. The maximum Gasteiger partial charge on any atom is 0.412 e. The number of nitrogens with one attached hydrogen (secondary N) is 1. The predicted octanol–water partition coefficient (Wildman–Crippen LogP) is 1.34. The molecule has 0 aliphatic carbocycles. The van der Waals surface area contributed by atoms with Crippen molar-refractivity contribution in [2.45, 2.75) is 38.8 Å². The third kappa shape index (κ3) is 3.61. The van der Waals surface area contributed by atoms with E-state index in [1.165, 1.54) is 0 Å². The molecule has 5 heteroatoms. The van der Waals surface area contributed by atoms with Gasteiger partial charge in [0.1, 0.15) is 17.4 Å². The van der Waals surface area contributed by atoms with E-state index in [0.717, 1.165) is 0 Å². The van der Waals surface area contributed by atoms with Crippen molar-refractivity contribution < 1.29 is 19.1 Å². The average Bonchev–Trinajstić information content (AvgIpc) is 2.25. The van der Waals surface area contributed by atoms with Gasteiger partial charge >= 0.3 is 12.1 Å². The molecule has 1 atom stereocenters. The highest BCUT2D eigenvalue weighted by Gasteiger charge is 2.30. The molecule has 84 valence electrons. The van der Waals surface area contributed by atoms with E-state index < -0.39 is 17.7 Å². The molecule has 0 saturated carbocycles. The summed E-state index contributed by atoms with van der Waals surface area (Å²) in [6.45, 7) is 8.87. The molecule has 1 heterocycles. The summed E-state index contributed by atoms with van der Waals surface area (Å²) < 4.78 is 9.75. The van der Waals surface area contributed by atoms with Crippen LogP contribution in [-0.4, -0.2) is 23.7 Å². The Kier molecular flexibility index (Phi) is 3.02. The molecule has 1 saturated heterocycles. The van der Waals surface area contributed by atoms with Crippen LogP contribution >= 0.6 is 0 Å². The molecule has 1 rings (SSSR count). The second-order valence-electron chi connectivity index (χ2n) is 4.34. The molecule has 0 aromatic heterocycles. The van der Waals surface area contributed by atoms with Gasteiger partial charge in [0.2, 0.25) is 0 Å². The van der Waals surface area contributed by atoms with Crippen LogP contribution in [0.2, 0.25) is 0 Å². The lowest BCUT2D eigenvalue weighted by Gasteiger charge is -2.20. The number of hydrogen-bond donors (Lipinski definition) is 1. The van der Waals surface area contributed by atoms with E-state index in [2.05, 4.69) is 16.6 Å². The van der Waals surface area contributed by atoms with Gasteiger partial charge in [-0.3, -0.25) is 4.79 Å². The molecular formula is C10H15NO4. The van der Waals surface area contributed by atoms with Crippen molar-refractivity contribution in [1.29, 1.82) is 0 Å². The van der Waals surface area contributed by atoms with Crippen LogP contribution < -0.4 is 5.32 Å². The van der Waals surface area contributed by atoms with Gasteiger partial charge in [-0.1, -0.05) is 6.58 Å². The first kappa shape index (κ1) is 11.6. The summed E-state index contributed by atoms with van der Waals surface area (Å²) >= 11 is 0. The van der Waals surface area contributed by atoms with Crippen LogP contribution in [-0.2, 0) is 14.3 Å². The van der Waals surface area contributed by atoms with Crippen LogP contribution in [0.1, 0.15) is 27.2 Å². The van der Waals surface area contributed by atoms with Gasteiger partial charge in [0.25, 0.3) is 0 Å². The van der Waals surface area contributed by atoms with Crippen LogP contribution in [0.15, 0.2) is 12.3 Å². The first-order valence-corrected chi connectivity index (χ1v) is 4.67. The molecule has 1 N–H and O–H groups in total. The summed E-state index contributed by atoms with van der Waals surface area (Å²) in [6, 6.07) is -0.479. The van der Waals surface area contributed by atoms with Crippen LogP contribution in [0.4, 0.5) is 4.79 Å².